The van der Waals surface area contributed by atoms with Gasteiger partial charge in [-0.15, -0.1) is 0 Å². The summed E-state index contributed by atoms with van der Waals surface area (Å²) < 4.78 is 41.2. The number of hydrogen-bond acceptors (Lipinski definition) is 4. The zero-order chi connectivity index (χ0) is 14.8. The van der Waals surface area contributed by atoms with Crippen LogP contribution < -0.4 is 10.5 Å². The number of H-pyrrole nitrogens is 1. The number of amides is 1. The summed E-state index contributed by atoms with van der Waals surface area (Å²) in [7, 11) is 0. The standard InChI is InChI=1S/C11H9F3N4O2/c12-11(13,14)4-20-10-8-6(1-2-7(15)19)3-16-9(8)17-5-18-10/h1-3,5H,4H2,(H2,15,19)(H,16,17,18)/b2-1+. The summed E-state index contributed by atoms with van der Waals surface area (Å²) in [4.78, 5) is 20.9. The lowest BCUT2D eigenvalue weighted by atomic mass is 10.2. The van der Waals surface area contributed by atoms with Crippen molar-refractivity contribution in [3.05, 3.63) is 24.2 Å². The summed E-state index contributed by atoms with van der Waals surface area (Å²) in [5.41, 5.74) is 5.65. The molecule has 106 valence electrons. The van der Waals surface area contributed by atoms with Gasteiger partial charge in [-0.2, -0.15) is 13.2 Å². The van der Waals surface area contributed by atoms with Gasteiger partial charge < -0.3 is 15.5 Å². The molecule has 0 atom stereocenters. The van der Waals surface area contributed by atoms with Crippen molar-refractivity contribution < 1.29 is 22.7 Å². The number of carbonyl (C=O) groups excluding carboxylic acids is 1. The molecule has 2 rings (SSSR count). The van der Waals surface area contributed by atoms with Crippen molar-refractivity contribution in [2.75, 3.05) is 6.61 Å². The normalized spacial score (nSPS) is 12.2. The van der Waals surface area contributed by atoms with E-state index in [-0.39, 0.29) is 11.3 Å². The van der Waals surface area contributed by atoms with Crippen LogP contribution in [0.2, 0.25) is 0 Å². The number of aromatic amines is 1. The first-order valence-electron chi connectivity index (χ1n) is 5.36. The smallest absolute Gasteiger partial charge is 0.422 e. The number of alkyl halides is 3. The van der Waals surface area contributed by atoms with Crippen LogP contribution in [0.3, 0.4) is 0 Å². The van der Waals surface area contributed by atoms with Crippen molar-refractivity contribution in [1.82, 2.24) is 15.0 Å². The predicted molar refractivity (Wildman–Crippen MR) is 63.7 cm³/mol. The van der Waals surface area contributed by atoms with Crippen LogP contribution in [0.1, 0.15) is 5.56 Å². The Morgan fingerprint density at radius 3 is 2.85 bits per heavy atom. The highest BCUT2D eigenvalue weighted by atomic mass is 19.4. The number of fused-ring (bicyclic) bond motifs is 1. The van der Waals surface area contributed by atoms with Crippen LogP contribution in [0.15, 0.2) is 18.6 Å². The molecule has 1 amide bonds. The minimum atomic E-state index is -4.48. The highest BCUT2D eigenvalue weighted by molar-refractivity contribution is 5.96. The Kier molecular flexibility index (Phi) is 3.59. The molecule has 0 aliphatic carbocycles. The van der Waals surface area contributed by atoms with Gasteiger partial charge in [0.05, 0.1) is 5.39 Å². The van der Waals surface area contributed by atoms with Crippen molar-refractivity contribution in [2.45, 2.75) is 6.18 Å². The van der Waals surface area contributed by atoms with Gasteiger partial charge in [-0.3, -0.25) is 4.79 Å². The second kappa shape index (κ2) is 5.19. The van der Waals surface area contributed by atoms with Crippen molar-refractivity contribution in [3.8, 4) is 5.88 Å². The number of nitrogens with zero attached hydrogens (tertiary/aromatic N) is 2. The van der Waals surface area contributed by atoms with Gasteiger partial charge >= 0.3 is 6.18 Å². The molecule has 3 N–H and O–H groups in total. The van der Waals surface area contributed by atoms with Crippen molar-refractivity contribution in [3.63, 3.8) is 0 Å². The largest absolute Gasteiger partial charge is 0.467 e. The Labute approximate surface area is 110 Å². The van der Waals surface area contributed by atoms with Gasteiger partial charge in [0.1, 0.15) is 12.0 Å². The van der Waals surface area contributed by atoms with E-state index in [0.717, 1.165) is 12.4 Å². The van der Waals surface area contributed by atoms with Gasteiger partial charge in [0.25, 0.3) is 0 Å². The van der Waals surface area contributed by atoms with Gasteiger partial charge in [0.15, 0.2) is 6.61 Å². The third kappa shape index (κ3) is 3.25. The van der Waals surface area contributed by atoms with E-state index in [4.69, 9.17) is 5.73 Å². The van der Waals surface area contributed by atoms with Gasteiger partial charge in [-0.25, -0.2) is 9.97 Å². The summed E-state index contributed by atoms with van der Waals surface area (Å²) in [5.74, 6) is -0.911. The Bertz CT molecular complexity index is 663. The molecule has 20 heavy (non-hydrogen) atoms. The number of primary amides is 1. The van der Waals surface area contributed by atoms with Gasteiger partial charge in [0, 0.05) is 17.8 Å². The molecule has 0 spiro atoms. The summed E-state index contributed by atoms with van der Waals surface area (Å²) >= 11 is 0. The van der Waals surface area contributed by atoms with Crippen LogP contribution in [0, 0.1) is 0 Å². The Balaban J connectivity index is 2.39. The first-order valence-corrected chi connectivity index (χ1v) is 5.36. The van der Waals surface area contributed by atoms with Crippen molar-refractivity contribution in [1.29, 1.82) is 0 Å². The van der Waals surface area contributed by atoms with Crippen LogP contribution >= 0.6 is 0 Å². The SMILES string of the molecule is NC(=O)/C=C/c1c[nH]c2ncnc(OCC(F)(F)F)c12. The highest BCUT2D eigenvalue weighted by Crippen LogP contribution is 2.27. The second-order valence-electron chi connectivity index (χ2n) is 3.79. The molecule has 2 heterocycles. The topological polar surface area (TPSA) is 93.9 Å². The minimum absolute atomic E-state index is 0.224. The molecule has 0 saturated carbocycles. The molecule has 0 aromatic carbocycles. The Hall–Kier alpha value is -2.58. The number of nitrogens with one attached hydrogen (secondary N) is 1. The van der Waals surface area contributed by atoms with E-state index in [0.29, 0.717) is 11.2 Å². The lowest BCUT2D eigenvalue weighted by molar-refractivity contribution is -0.153. The van der Waals surface area contributed by atoms with E-state index >= 15 is 0 Å². The zero-order valence-corrected chi connectivity index (χ0v) is 9.94. The second-order valence-corrected chi connectivity index (χ2v) is 3.79. The number of ether oxygens (including phenoxy) is 1. The fourth-order valence-corrected chi connectivity index (χ4v) is 1.52. The highest BCUT2D eigenvalue weighted by Gasteiger charge is 2.29. The lowest BCUT2D eigenvalue weighted by Gasteiger charge is -2.08. The zero-order valence-electron chi connectivity index (χ0n) is 9.94. The molecule has 0 fully saturated rings. The first-order chi connectivity index (χ1) is 9.37. The first kappa shape index (κ1) is 13.8. The third-order valence-electron chi connectivity index (χ3n) is 2.27. The molecule has 2 aromatic heterocycles. The van der Waals surface area contributed by atoms with Crippen LogP contribution in [-0.2, 0) is 4.79 Å². The molecule has 2 aromatic rings. The van der Waals surface area contributed by atoms with E-state index in [1.165, 1.54) is 12.3 Å². The number of hydrogen-bond donors (Lipinski definition) is 2. The van der Waals surface area contributed by atoms with Crippen LogP contribution in [0.5, 0.6) is 5.88 Å². The monoisotopic (exact) mass is 286 g/mol. The molecule has 6 nitrogen and oxygen atoms in total. The summed E-state index contributed by atoms with van der Waals surface area (Å²) in [6, 6.07) is 0. The molecule has 0 bridgehead atoms. The fraction of sp³-hybridized carbons (Fsp3) is 0.182. The van der Waals surface area contributed by atoms with E-state index in [9.17, 15) is 18.0 Å². The molecular weight excluding hydrogens is 277 g/mol. The molecule has 0 unspecified atom stereocenters. The maximum atomic E-state index is 12.2. The Morgan fingerprint density at radius 1 is 1.45 bits per heavy atom. The number of nitrogens with two attached hydrogens (primary N) is 1. The van der Waals surface area contributed by atoms with Crippen LogP contribution in [-0.4, -0.2) is 33.6 Å². The molecule has 0 aliphatic heterocycles. The van der Waals surface area contributed by atoms with E-state index < -0.39 is 18.7 Å². The summed E-state index contributed by atoms with van der Waals surface area (Å²) in [6.07, 6.45) is 0.469. The molecule has 9 heteroatoms. The molecule has 0 saturated heterocycles. The fourth-order valence-electron chi connectivity index (χ4n) is 1.52. The lowest BCUT2D eigenvalue weighted by Crippen LogP contribution is -2.19. The van der Waals surface area contributed by atoms with Gasteiger partial charge in [-0.1, -0.05) is 0 Å². The quantitative estimate of drug-likeness (QED) is 0.831. The third-order valence-corrected chi connectivity index (χ3v) is 2.27. The molecule has 0 radical (unpaired) electrons. The van der Waals surface area contributed by atoms with Crippen molar-refractivity contribution in [2.24, 2.45) is 5.73 Å². The average molecular weight is 286 g/mol. The van der Waals surface area contributed by atoms with E-state index in [1.807, 2.05) is 0 Å². The number of aromatic nitrogens is 3. The number of carbonyl (C=O) groups is 1. The number of halogens is 3. The van der Waals surface area contributed by atoms with Gasteiger partial charge in [0.2, 0.25) is 11.8 Å². The predicted octanol–water partition coefficient (Wildman–Crippen LogP) is 1.40. The van der Waals surface area contributed by atoms with Crippen LogP contribution in [0.4, 0.5) is 13.2 Å². The Morgan fingerprint density at radius 2 is 2.20 bits per heavy atom. The molecular formula is C11H9F3N4O2. The molecule has 0 aliphatic rings. The van der Waals surface area contributed by atoms with Crippen molar-refractivity contribution >= 4 is 23.0 Å². The van der Waals surface area contributed by atoms with Crippen LogP contribution in [0.25, 0.3) is 17.1 Å². The van der Waals surface area contributed by atoms with Gasteiger partial charge in [-0.05, 0) is 6.08 Å². The maximum absolute atomic E-state index is 12.2. The van der Waals surface area contributed by atoms with E-state index in [1.54, 1.807) is 0 Å². The summed E-state index contributed by atoms with van der Waals surface area (Å²) in [6.45, 7) is -1.47. The summed E-state index contributed by atoms with van der Waals surface area (Å²) in [5, 5.41) is 0.245. The maximum Gasteiger partial charge on any atom is 0.422 e. The average Bonchev–Trinajstić information content (AvgIpc) is 2.76. The van der Waals surface area contributed by atoms with E-state index in [2.05, 4.69) is 19.7 Å². The number of rotatable bonds is 4. The minimum Gasteiger partial charge on any atom is -0.467 e.